The van der Waals surface area contributed by atoms with Crippen LogP contribution in [0.3, 0.4) is 0 Å². The summed E-state index contributed by atoms with van der Waals surface area (Å²) in [4.78, 5) is 12.4. The molecule has 2 aromatic carbocycles. The molecule has 26 heavy (non-hydrogen) atoms. The van der Waals surface area contributed by atoms with Gasteiger partial charge in [0.2, 0.25) is 10.0 Å². The largest absolute Gasteiger partial charge is 0.491 e. The second-order valence-electron chi connectivity index (χ2n) is 5.84. The second-order valence-corrected chi connectivity index (χ2v) is 8.14. The molecule has 8 heteroatoms. The average Bonchev–Trinajstić information content (AvgIpc) is 2.60. The molecule has 0 radical (unpaired) electrons. The van der Waals surface area contributed by atoms with Crippen molar-refractivity contribution in [1.29, 1.82) is 0 Å². The van der Waals surface area contributed by atoms with Gasteiger partial charge in [-0.05, 0) is 56.8 Å². The van der Waals surface area contributed by atoms with E-state index in [4.69, 9.17) is 16.3 Å². The van der Waals surface area contributed by atoms with E-state index in [9.17, 15) is 13.2 Å². The summed E-state index contributed by atoms with van der Waals surface area (Å²) in [6.07, 6.45) is 0.0869. The molecule has 0 fully saturated rings. The van der Waals surface area contributed by atoms with Gasteiger partial charge in [-0.3, -0.25) is 4.79 Å². The van der Waals surface area contributed by atoms with Crippen LogP contribution in [0.5, 0.6) is 5.75 Å². The number of carbonyl (C=O) groups excluding carboxylic acids is 1. The molecule has 0 aliphatic rings. The summed E-state index contributed by atoms with van der Waals surface area (Å²) in [5.74, 6) is 0.300. The molecule has 6 nitrogen and oxygen atoms in total. The third-order valence-electron chi connectivity index (χ3n) is 3.51. The van der Waals surface area contributed by atoms with Crippen molar-refractivity contribution in [3.63, 3.8) is 0 Å². The minimum Gasteiger partial charge on any atom is -0.491 e. The van der Waals surface area contributed by atoms with Gasteiger partial charge in [0.1, 0.15) is 5.75 Å². The number of nitrogens with one attached hydrogen (secondary N) is 2. The quantitative estimate of drug-likeness (QED) is 0.753. The Kier molecular flexibility index (Phi) is 6.63. The number of hydrogen-bond donors (Lipinski definition) is 2. The Labute approximate surface area is 158 Å². The minimum atomic E-state index is -3.66. The predicted octanol–water partition coefficient (Wildman–Crippen LogP) is 2.97. The lowest BCUT2D eigenvalue weighted by molar-refractivity contribution is 0.0951. The highest BCUT2D eigenvalue weighted by atomic mass is 35.5. The van der Waals surface area contributed by atoms with Crippen LogP contribution in [-0.2, 0) is 16.6 Å². The SMILES string of the molecule is CNS(=O)(=O)c1ccc(Cl)c(C(=O)NCc2ccc(OC(C)C)cc2)c1. The summed E-state index contributed by atoms with van der Waals surface area (Å²) >= 11 is 6.04. The fourth-order valence-electron chi connectivity index (χ4n) is 2.20. The number of ether oxygens (including phenoxy) is 1. The van der Waals surface area contributed by atoms with E-state index in [0.717, 1.165) is 11.3 Å². The molecule has 0 saturated carbocycles. The molecule has 0 spiro atoms. The van der Waals surface area contributed by atoms with E-state index in [1.165, 1.54) is 25.2 Å². The van der Waals surface area contributed by atoms with Gasteiger partial charge in [0.15, 0.2) is 0 Å². The fourth-order valence-corrected chi connectivity index (χ4v) is 3.16. The van der Waals surface area contributed by atoms with Crippen molar-refractivity contribution in [2.24, 2.45) is 0 Å². The summed E-state index contributed by atoms with van der Waals surface area (Å²) in [5.41, 5.74) is 0.979. The van der Waals surface area contributed by atoms with Gasteiger partial charge >= 0.3 is 0 Å². The lowest BCUT2D eigenvalue weighted by Gasteiger charge is -2.11. The third kappa shape index (κ3) is 5.20. The van der Waals surface area contributed by atoms with Crippen molar-refractivity contribution in [2.45, 2.75) is 31.4 Å². The van der Waals surface area contributed by atoms with E-state index >= 15 is 0 Å². The summed E-state index contributed by atoms with van der Waals surface area (Å²) in [6, 6.07) is 11.3. The van der Waals surface area contributed by atoms with Crippen LogP contribution in [0.15, 0.2) is 47.4 Å². The number of hydrogen-bond acceptors (Lipinski definition) is 4. The maximum absolute atomic E-state index is 12.4. The maximum Gasteiger partial charge on any atom is 0.253 e. The summed E-state index contributed by atoms with van der Waals surface area (Å²) in [7, 11) is -2.35. The van der Waals surface area contributed by atoms with Gasteiger partial charge in [-0.2, -0.15) is 0 Å². The molecule has 140 valence electrons. The van der Waals surface area contributed by atoms with Crippen LogP contribution in [-0.4, -0.2) is 27.5 Å². The topological polar surface area (TPSA) is 84.5 Å². The Morgan fingerprint density at radius 1 is 1.15 bits per heavy atom. The van der Waals surface area contributed by atoms with E-state index in [1.54, 1.807) is 0 Å². The smallest absolute Gasteiger partial charge is 0.253 e. The van der Waals surface area contributed by atoms with Crippen molar-refractivity contribution in [1.82, 2.24) is 10.0 Å². The molecule has 0 bridgehead atoms. The van der Waals surface area contributed by atoms with Crippen molar-refractivity contribution in [3.05, 3.63) is 58.6 Å². The molecule has 2 N–H and O–H groups in total. The Morgan fingerprint density at radius 2 is 1.81 bits per heavy atom. The van der Waals surface area contributed by atoms with Gasteiger partial charge in [-0.25, -0.2) is 13.1 Å². The first-order chi connectivity index (χ1) is 12.2. The van der Waals surface area contributed by atoms with Crippen LogP contribution in [0.2, 0.25) is 5.02 Å². The zero-order valence-electron chi connectivity index (χ0n) is 14.7. The molecular formula is C18H21ClN2O4S. The van der Waals surface area contributed by atoms with E-state index in [0.29, 0.717) is 0 Å². The van der Waals surface area contributed by atoms with Gasteiger partial charge in [0, 0.05) is 6.54 Å². The highest BCUT2D eigenvalue weighted by Crippen LogP contribution is 2.21. The maximum atomic E-state index is 12.4. The van der Waals surface area contributed by atoms with Gasteiger partial charge < -0.3 is 10.1 Å². The molecule has 0 aliphatic heterocycles. The molecule has 2 rings (SSSR count). The standard InChI is InChI=1S/C18H21ClN2O4S/c1-12(2)25-14-6-4-13(5-7-14)11-21-18(22)16-10-15(8-9-17(16)19)26(23,24)20-3/h4-10,12,20H,11H2,1-3H3,(H,21,22). The van der Waals surface area contributed by atoms with Gasteiger partial charge in [0.05, 0.1) is 21.6 Å². The fraction of sp³-hybridized carbons (Fsp3) is 0.278. The van der Waals surface area contributed by atoms with Crippen LogP contribution in [0.25, 0.3) is 0 Å². The molecule has 0 saturated heterocycles. The number of amides is 1. The first-order valence-electron chi connectivity index (χ1n) is 8.00. The number of sulfonamides is 1. The van der Waals surface area contributed by atoms with Crippen LogP contribution in [0.4, 0.5) is 0 Å². The van der Waals surface area contributed by atoms with Crippen molar-refractivity contribution in [2.75, 3.05) is 7.05 Å². The highest BCUT2D eigenvalue weighted by molar-refractivity contribution is 7.89. The molecule has 2 aromatic rings. The monoisotopic (exact) mass is 396 g/mol. The molecule has 0 heterocycles. The minimum absolute atomic E-state index is 0.0234. The number of benzene rings is 2. The number of halogens is 1. The van der Waals surface area contributed by atoms with Crippen LogP contribution >= 0.6 is 11.6 Å². The first kappa shape index (κ1) is 20.2. The lowest BCUT2D eigenvalue weighted by atomic mass is 10.2. The lowest BCUT2D eigenvalue weighted by Crippen LogP contribution is -2.24. The van der Waals surface area contributed by atoms with Crippen molar-refractivity contribution in [3.8, 4) is 5.75 Å². The summed E-state index contributed by atoms with van der Waals surface area (Å²) in [5, 5.41) is 2.91. The summed E-state index contributed by atoms with van der Waals surface area (Å²) < 4.78 is 31.5. The Hall–Kier alpha value is -2.09. The molecule has 0 aliphatic carbocycles. The van der Waals surface area contributed by atoms with E-state index < -0.39 is 15.9 Å². The Balaban J connectivity index is 2.09. The van der Waals surface area contributed by atoms with E-state index in [-0.39, 0.29) is 28.1 Å². The molecule has 0 aromatic heterocycles. The highest BCUT2D eigenvalue weighted by Gasteiger charge is 2.17. The number of carbonyl (C=O) groups is 1. The zero-order valence-corrected chi connectivity index (χ0v) is 16.3. The van der Waals surface area contributed by atoms with Crippen LogP contribution in [0, 0.1) is 0 Å². The second kappa shape index (κ2) is 8.53. The average molecular weight is 397 g/mol. The third-order valence-corrected chi connectivity index (χ3v) is 5.25. The van der Waals surface area contributed by atoms with Crippen molar-refractivity contribution < 1.29 is 17.9 Å². The molecule has 0 atom stereocenters. The van der Waals surface area contributed by atoms with E-state index in [2.05, 4.69) is 10.0 Å². The first-order valence-corrected chi connectivity index (χ1v) is 9.86. The Morgan fingerprint density at radius 3 is 2.38 bits per heavy atom. The van der Waals surface area contributed by atoms with Crippen molar-refractivity contribution >= 4 is 27.5 Å². The number of rotatable bonds is 7. The van der Waals surface area contributed by atoms with Crippen LogP contribution in [0.1, 0.15) is 29.8 Å². The normalized spacial score (nSPS) is 11.4. The molecular weight excluding hydrogens is 376 g/mol. The molecule has 1 amide bonds. The zero-order chi connectivity index (χ0) is 19.3. The van der Waals surface area contributed by atoms with Gasteiger partial charge in [0.25, 0.3) is 5.91 Å². The Bertz CT molecular complexity index is 881. The molecule has 0 unspecified atom stereocenters. The predicted molar refractivity (Wildman–Crippen MR) is 101 cm³/mol. The van der Waals surface area contributed by atoms with Gasteiger partial charge in [-0.15, -0.1) is 0 Å². The summed E-state index contributed by atoms with van der Waals surface area (Å²) in [6.45, 7) is 4.17. The van der Waals surface area contributed by atoms with Gasteiger partial charge in [-0.1, -0.05) is 23.7 Å². The van der Waals surface area contributed by atoms with Crippen LogP contribution < -0.4 is 14.8 Å². The van der Waals surface area contributed by atoms with E-state index in [1.807, 2.05) is 38.1 Å².